The average molecular weight is 291 g/mol. The van der Waals surface area contributed by atoms with Crippen LogP contribution in [0.25, 0.3) is 10.6 Å². The number of aromatic nitrogens is 1. The number of nitrogens with zero attached hydrogens (tertiary/aromatic N) is 1. The van der Waals surface area contributed by atoms with Crippen LogP contribution in [0.15, 0.2) is 18.2 Å². The lowest BCUT2D eigenvalue weighted by atomic mass is 10.0. The summed E-state index contributed by atoms with van der Waals surface area (Å²) < 4.78 is 10.6. The van der Waals surface area contributed by atoms with Crippen LogP contribution >= 0.6 is 11.3 Å². The van der Waals surface area contributed by atoms with Gasteiger partial charge in [-0.3, -0.25) is 0 Å². The van der Waals surface area contributed by atoms with Crippen LogP contribution in [-0.4, -0.2) is 24.3 Å². The van der Waals surface area contributed by atoms with E-state index in [9.17, 15) is 5.11 Å². The van der Waals surface area contributed by atoms with E-state index in [2.05, 4.69) is 4.98 Å². The van der Waals surface area contributed by atoms with Gasteiger partial charge in [0.05, 0.1) is 26.0 Å². The second-order valence-electron chi connectivity index (χ2n) is 4.81. The summed E-state index contributed by atoms with van der Waals surface area (Å²) in [4.78, 5) is 5.81. The molecule has 0 saturated heterocycles. The normalized spacial score (nSPS) is 17.6. The van der Waals surface area contributed by atoms with Crippen molar-refractivity contribution in [2.75, 3.05) is 14.2 Å². The van der Waals surface area contributed by atoms with Crippen LogP contribution in [0.4, 0.5) is 0 Å². The second kappa shape index (κ2) is 5.42. The molecule has 0 saturated carbocycles. The van der Waals surface area contributed by atoms with Gasteiger partial charge in [0.2, 0.25) is 0 Å². The molecular formula is C15H17NO3S. The molecule has 1 aromatic carbocycles. The largest absolute Gasteiger partial charge is 0.493 e. The SMILES string of the molecule is COc1ccc(-c2nc3c(s2)CCCC3O)cc1OC. The number of hydrogen-bond acceptors (Lipinski definition) is 5. The van der Waals surface area contributed by atoms with Crippen LogP contribution in [0, 0.1) is 0 Å². The smallest absolute Gasteiger partial charge is 0.161 e. The maximum absolute atomic E-state index is 10.0. The quantitative estimate of drug-likeness (QED) is 0.943. The Morgan fingerprint density at radius 1 is 1.25 bits per heavy atom. The van der Waals surface area contributed by atoms with Crippen molar-refractivity contribution in [2.45, 2.75) is 25.4 Å². The molecule has 0 amide bonds. The fraction of sp³-hybridized carbons (Fsp3) is 0.400. The lowest BCUT2D eigenvalue weighted by Crippen LogP contribution is -2.07. The first-order chi connectivity index (χ1) is 9.72. The fourth-order valence-electron chi connectivity index (χ4n) is 2.49. The third-order valence-corrected chi connectivity index (χ3v) is 4.74. The van der Waals surface area contributed by atoms with E-state index >= 15 is 0 Å². The Kier molecular flexibility index (Phi) is 3.63. The van der Waals surface area contributed by atoms with Crippen LogP contribution in [0.1, 0.15) is 29.5 Å². The minimum absolute atomic E-state index is 0.413. The van der Waals surface area contributed by atoms with E-state index in [0.717, 1.165) is 35.5 Å². The summed E-state index contributed by atoms with van der Waals surface area (Å²) in [5.41, 5.74) is 1.85. The van der Waals surface area contributed by atoms with Gasteiger partial charge in [-0.15, -0.1) is 11.3 Å². The van der Waals surface area contributed by atoms with Crippen LogP contribution in [0.2, 0.25) is 0 Å². The number of aryl methyl sites for hydroxylation is 1. The summed E-state index contributed by atoms with van der Waals surface area (Å²) >= 11 is 1.66. The Hall–Kier alpha value is -1.59. The van der Waals surface area contributed by atoms with E-state index in [4.69, 9.17) is 9.47 Å². The molecule has 1 aromatic heterocycles. The van der Waals surface area contributed by atoms with E-state index in [1.54, 1.807) is 25.6 Å². The van der Waals surface area contributed by atoms with Crippen molar-refractivity contribution in [3.63, 3.8) is 0 Å². The van der Waals surface area contributed by atoms with Crippen LogP contribution in [-0.2, 0) is 6.42 Å². The topological polar surface area (TPSA) is 51.6 Å². The molecule has 0 bridgehead atoms. The summed E-state index contributed by atoms with van der Waals surface area (Å²) in [5.74, 6) is 1.40. The maximum atomic E-state index is 10.0. The van der Waals surface area contributed by atoms with Crippen molar-refractivity contribution in [3.05, 3.63) is 28.8 Å². The lowest BCUT2D eigenvalue weighted by molar-refractivity contribution is 0.153. The maximum Gasteiger partial charge on any atom is 0.161 e. The first-order valence-corrected chi connectivity index (χ1v) is 7.44. The van der Waals surface area contributed by atoms with Gasteiger partial charge in [0.1, 0.15) is 5.01 Å². The third kappa shape index (κ3) is 2.27. The Labute approximate surface area is 122 Å². The van der Waals surface area contributed by atoms with Gasteiger partial charge in [-0.05, 0) is 37.5 Å². The standard InChI is InChI=1S/C15H17NO3S/c1-18-11-7-6-9(8-12(11)19-2)15-16-14-10(17)4-3-5-13(14)20-15/h6-8,10,17H,3-5H2,1-2H3. The van der Waals surface area contributed by atoms with E-state index in [1.165, 1.54) is 4.88 Å². The molecule has 0 aliphatic heterocycles. The Balaban J connectivity index is 2.01. The number of benzene rings is 1. The average Bonchev–Trinajstić information content (AvgIpc) is 2.92. The van der Waals surface area contributed by atoms with Gasteiger partial charge in [0, 0.05) is 10.4 Å². The zero-order valence-electron chi connectivity index (χ0n) is 11.5. The molecule has 1 aliphatic carbocycles. The number of fused-ring (bicyclic) bond motifs is 1. The molecule has 106 valence electrons. The van der Waals surface area contributed by atoms with Gasteiger partial charge >= 0.3 is 0 Å². The first-order valence-electron chi connectivity index (χ1n) is 6.63. The van der Waals surface area contributed by atoms with Gasteiger partial charge in [-0.1, -0.05) is 0 Å². The van der Waals surface area contributed by atoms with Gasteiger partial charge in [0.15, 0.2) is 11.5 Å². The molecule has 3 rings (SSSR count). The highest BCUT2D eigenvalue weighted by Gasteiger charge is 2.23. The molecule has 1 heterocycles. The summed E-state index contributed by atoms with van der Waals surface area (Å²) in [6.45, 7) is 0. The minimum atomic E-state index is -0.413. The minimum Gasteiger partial charge on any atom is -0.493 e. The summed E-state index contributed by atoms with van der Waals surface area (Å²) in [5, 5.41) is 10.9. The predicted octanol–water partition coefficient (Wildman–Crippen LogP) is 3.20. The number of hydrogen-bond donors (Lipinski definition) is 1. The van der Waals surface area contributed by atoms with Crippen molar-refractivity contribution >= 4 is 11.3 Å². The molecule has 1 N–H and O–H groups in total. The molecular weight excluding hydrogens is 274 g/mol. The molecule has 0 fully saturated rings. The molecule has 2 aromatic rings. The van der Waals surface area contributed by atoms with Crippen molar-refractivity contribution < 1.29 is 14.6 Å². The zero-order chi connectivity index (χ0) is 14.1. The Morgan fingerprint density at radius 2 is 2.05 bits per heavy atom. The first kappa shape index (κ1) is 13.4. The highest BCUT2D eigenvalue weighted by Crippen LogP contribution is 2.39. The van der Waals surface area contributed by atoms with Crippen LogP contribution in [0.3, 0.4) is 0 Å². The number of thiazole rings is 1. The highest BCUT2D eigenvalue weighted by atomic mass is 32.1. The van der Waals surface area contributed by atoms with E-state index < -0.39 is 6.10 Å². The van der Waals surface area contributed by atoms with Gasteiger partial charge < -0.3 is 14.6 Å². The zero-order valence-corrected chi connectivity index (χ0v) is 12.4. The fourth-order valence-corrected chi connectivity index (χ4v) is 3.64. The Morgan fingerprint density at radius 3 is 2.75 bits per heavy atom. The molecule has 1 unspecified atom stereocenters. The third-order valence-electron chi connectivity index (χ3n) is 3.56. The van der Waals surface area contributed by atoms with Gasteiger partial charge in [0.25, 0.3) is 0 Å². The van der Waals surface area contributed by atoms with Crippen molar-refractivity contribution in [1.82, 2.24) is 4.98 Å². The van der Waals surface area contributed by atoms with E-state index in [-0.39, 0.29) is 0 Å². The molecule has 4 nitrogen and oxygen atoms in total. The molecule has 1 aliphatic rings. The van der Waals surface area contributed by atoms with Crippen molar-refractivity contribution in [3.8, 4) is 22.1 Å². The number of ether oxygens (including phenoxy) is 2. The number of methoxy groups -OCH3 is 2. The van der Waals surface area contributed by atoms with E-state index in [0.29, 0.717) is 11.5 Å². The van der Waals surface area contributed by atoms with Crippen molar-refractivity contribution in [1.29, 1.82) is 0 Å². The van der Waals surface area contributed by atoms with Crippen LogP contribution < -0.4 is 9.47 Å². The number of rotatable bonds is 3. The monoisotopic (exact) mass is 291 g/mol. The molecule has 0 radical (unpaired) electrons. The molecule has 5 heteroatoms. The number of aliphatic hydroxyl groups excluding tert-OH is 1. The summed E-state index contributed by atoms with van der Waals surface area (Å²) in [7, 11) is 3.24. The number of aliphatic hydroxyl groups is 1. The lowest BCUT2D eigenvalue weighted by Gasteiger charge is -2.14. The van der Waals surface area contributed by atoms with E-state index in [1.807, 2.05) is 18.2 Å². The Bertz CT molecular complexity index is 624. The molecule has 20 heavy (non-hydrogen) atoms. The molecule has 1 atom stereocenters. The summed E-state index contributed by atoms with van der Waals surface area (Å²) in [6.07, 6.45) is 2.44. The van der Waals surface area contributed by atoms with Gasteiger partial charge in [-0.2, -0.15) is 0 Å². The second-order valence-corrected chi connectivity index (χ2v) is 5.89. The predicted molar refractivity (Wildman–Crippen MR) is 78.6 cm³/mol. The van der Waals surface area contributed by atoms with Gasteiger partial charge in [-0.25, -0.2) is 4.98 Å². The van der Waals surface area contributed by atoms with Crippen LogP contribution in [0.5, 0.6) is 11.5 Å². The highest BCUT2D eigenvalue weighted by molar-refractivity contribution is 7.15. The molecule has 0 spiro atoms. The summed E-state index contributed by atoms with van der Waals surface area (Å²) in [6, 6.07) is 5.78. The van der Waals surface area contributed by atoms with Crippen molar-refractivity contribution in [2.24, 2.45) is 0 Å².